The number of hydrogen-bond donors (Lipinski definition) is 2. The summed E-state index contributed by atoms with van der Waals surface area (Å²) in [6.45, 7) is 1.18. The van der Waals surface area contributed by atoms with Gasteiger partial charge < -0.3 is 20.1 Å². The summed E-state index contributed by atoms with van der Waals surface area (Å²) in [5.41, 5.74) is 7.89. The van der Waals surface area contributed by atoms with E-state index < -0.39 is 6.09 Å². The molecule has 0 spiro atoms. The number of amides is 2. The van der Waals surface area contributed by atoms with E-state index in [9.17, 15) is 9.59 Å². The topological polar surface area (TPSA) is 125 Å². The smallest absolute Gasteiger partial charge is 0.407 e. The van der Waals surface area contributed by atoms with E-state index in [4.69, 9.17) is 17.1 Å². The normalized spacial score (nSPS) is 24.7. The number of hydrogen-bond acceptors (Lipinski definition) is 5. The molecule has 0 saturated carbocycles. The highest BCUT2D eigenvalue weighted by Crippen LogP contribution is 2.00. The second-order valence-electron chi connectivity index (χ2n) is 3.38. The Kier molecular flexibility index (Phi) is 5.89. The van der Waals surface area contributed by atoms with Crippen LogP contribution in [0.25, 0.3) is 10.4 Å². The van der Waals surface area contributed by atoms with Crippen molar-refractivity contribution in [3.8, 4) is 0 Å². The van der Waals surface area contributed by atoms with Crippen LogP contribution in [0.1, 0.15) is 0 Å². The Hall–Kier alpha value is -1.86. The van der Waals surface area contributed by atoms with Gasteiger partial charge >= 0.3 is 12.2 Å². The van der Waals surface area contributed by atoms with Crippen molar-refractivity contribution in [1.29, 1.82) is 0 Å². The van der Waals surface area contributed by atoms with Crippen LogP contribution in [-0.2, 0) is 9.47 Å². The standard InChI is InChI=1S/C4H6ClNO2.C4H6N4O2/c5-1-3-2-6-4(7)8-3;5-8-7-2-3-1-6-4(9)10-3/h3H,1-2H2,(H,6,7);3H,1-2H2,(H,6,9)/t2*3-/m00/s1. The molecule has 0 bridgehead atoms. The summed E-state index contributed by atoms with van der Waals surface area (Å²) in [4.78, 5) is 23.1. The summed E-state index contributed by atoms with van der Waals surface area (Å²) >= 11 is 5.36. The fourth-order valence-electron chi connectivity index (χ4n) is 1.18. The molecule has 0 aliphatic carbocycles. The van der Waals surface area contributed by atoms with Gasteiger partial charge in [0, 0.05) is 4.91 Å². The highest BCUT2D eigenvalue weighted by molar-refractivity contribution is 6.18. The number of nitrogens with zero attached hydrogens (tertiary/aromatic N) is 3. The van der Waals surface area contributed by atoms with Crippen LogP contribution in [0.5, 0.6) is 0 Å². The van der Waals surface area contributed by atoms with Gasteiger partial charge in [-0.25, -0.2) is 9.59 Å². The fraction of sp³-hybridized carbons (Fsp3) is 0.750. The summed E-state index contributed by atoms with van der Waals surface area (Å²) in [6.07, 6.45) is -1.22. The van der Waals surface area contributed by atoms with Crippen molar-refractivity contribution in [1.82, 2.24) is 10.6 Å². The van der Waals surface area contributed by atoms with Crippen LogP contribution in [0.2, 0.25) is 0 Å². The van der Waals surface area contributed by atoms with E-state index in [1.54, 1.807) is 0 Å². The average Bonchev–Trinajstić information content (AvgIpc) is 2.96. The molecule has 0 unspecified atom stereocenters. The summed E-state index contributed by atoms with van der Waals surface area (Å²) in [6, 6.07) is 0. The van der Waals surface area contributed by atoms with Gasteiger partial charge in [-0.3, -0.25) is 0 Å². The number of carbonyl (C=O) groups is 2. The van der Waals surface area contributed by atoms with Crippen molar-refractivity contribution in [3.63, 3.8) is 0 Å². The summed E-state index contributed by atoms with van der Waals surface area (Å²) in [5.74, 6) is 0.374. The van der Waals surface area contributed by atoms with Crippen LogP contribution in [0.4, 0.5) is 9.59 Å². The zero-order valence-corrected chi connectivity index (χ0v) is 10.1. The van der Waals surface area contributed by atoms with E-state index in [0.29, 0.717) is 19.0 Å². The number of ether oxygens (including phenoxy) is 2. The first kappa shape index (κ1) is 14.2. The zero-order valence-electron chi connectivity index (χ0n) is 9.34. The van der Waals surface area contributed by atoms with Crippen LogP contribution in [0.3, 0.4) is 0 Å². The number of carbonyl (C=O) groups excluding carboxylic acids is 2. The van der Waals surface area contributed by atoms with Crippen LogP contribution in [0, 0.1) is 0 Å². The van der Waals surface area contributed by atoms with Gasteiger partial charge in [0.15, 0.2) is 0 Å². The Labute approximate surface area is 107 Å². The molecule has 0 aromatic rings. The molecule has 2 saturated heterocycles. The maximum absolute atomic E-state index is 10.3. The van der Waals surface area contributed by atoms with Gasteiger partial charge in [-0.2, -0.15) is 0 Å². The molecular weight excluding hydrogens is 266 g/mol. The van der Waals surface area contributed by atoms with Gasteiger partial charge in [0.25, 0.3) is 0 Å². The molecule has 2 amide bonds. The first-order valence-corrected chi connectivity index (χ1v) is 5.65. The van der Waals surface area contributed by atoms with Crippen LogP contribution < -0.4 is 10.6 Å². The summed E-state index contributed by atoms with van der Waals surface area (Å²) in [5, 5.41) is 8.16. The number of nitrogens with one attached hydrogen (secondary N) is 2. The summed E-state index contributed by atoms with van der Waals surface area (Å²) < 4.78 is 9.28. The van der Waals surface area contributed by atoms with E-state index in [1.807, 2.05) is 0 Å². The minimum atomic E-state index is -0.446. The Bertz CT molecular complexity index is 359. The van der Waals surface area contributed by atoms with Gasteiger partial charge in [0.05, 0.1) is 25.5 Å². The molecule has 0 aromatic carbocycles. The predicted molar refractivity (Wildman–Crippen MR) is 61.3 cm³/mol. The SMILES string of the molecule is O=C1NC[C@H](CCl)O1.[N-]=[N+]=NC[C@@H]1CNC(=O)O1. The van der Waals surface area contributed by atoms with Crippen molar-refractivity contribution < 1.29 is 19.1 Å². The van der Waals surface area contributed by atoms with E-state index in [1.165, 1.54) is 0 Å². The minimum Gasteiger partial charge on any atom is -0.444 e. The maximum Gasteiger partial charge on any atom is 0.407 e. The minimum absolute atomic E-state index is 0.121. The molecule has 0 radical (unpaired) electrons. The monoisotopic (exact) mass is 277 g/mol. The molecule has 100 valence electrons. The van der Waals surface area contributed by atoms with Crippen LogP contribution in [-0.4, -0.2) is 49.9 Å². The summed E-state index contributed by atoms with van der Waals surface area (Å²) in [7, 11) is 0. The largest absolute Gasteiger partial charge is 0.444 e. The maximum atomic E-state index is 10.3. The lowest BCUT2D eigenvalue weighted by Gasteiger charge is -1.99. The lowest BCUT2D eigenvalue weighted by Crippen LogP contribution is -2.16. The third-order valence-electron chi connectivity index (χ3n) is 2.02. The number of alkyl carbamates (subject to hydrolysis) is 2. The number of halogens is 1. The van der Waals surface area contributed by atoms with Crippen LogP contribution in [0.15, 0.2) is 5.11 Å². The lowest BCUT2D eigenvalue weighted by atomic mass is 10.4. The third-order valence-corrected chi connectivity index (χ3v) is 2.36. The second-order valence-corrected chi connectivity index (χ2v) is 3.69. The molecule has 2 fully saturated rings. The Morgan fingerprint density at radius 2 is 1.83 bits per heavy atom. The average molecular weight is 278 g/mol. The predicted octanol–water partition coefficient (Wildman–Crippen LogP) is 0.739. The lowest BCUT2D eigenvalue weighted by molar-refractivity contribution is 0.143. The van der Waals surface area contributed by atoms with Gasteiger partial charge in [0.2, 0.25) is 0 Å². The first-order chi connectivity index (χ1) is 8.65. The van der Waals surface area contributed by atoms with Crippen LogP contribution >= 0.6 is 11.6 Å². The fourth-order valence-corrected chi connectivity index (χ4v) is 1.35. The highest BCUT2D eigenvalue weighted by Gasteiger charge is 2.21. The molecule has 2 heterocycles. The molecule has 2 aliphatic rings. The Balaban J connectivity index is 0.000000184. The number of rotatable bonds is 3. The van der Waals surface area contributed by atoms with E-state index >= 15 is 0 Å². The Morgan fingerprint density at radius 3 is 2.17 bits per heavy atom. The van der Waals surface area contributed by atoms with Crippen molar-refractivity contribution >= 4 is 23.8 Å². The van der Waals surface area contributed by atoms with Gasteiger partial charge in [0.1, 0.15) is 12.2 Å². The van der Waals surface area contributed by atoms with E-state index in [-0.39, 0.29) is 24.8 Å². The van der Waals surface area contributed by atoms with E-state index in [2.05, 4.69) is 30.1 Å². The van der Waals surface area contributed by atoms with Crippen molar-refractivity contribution in [2.75, 3.05) is 25.5 Å². The second kappa shape index (κ2) is 7.46. The van der Waals surface area contributed by atoms with Gasteiger partial charge in [-0.05, 0) is 5.53 Å². The molecule has 9 nitrogen and oxygen atoms in total. The third kappa shape index (κ3) is 4.98. The van der Waals surface area contributed by atoms with Crippen molar-refractivity contribution in [3.05, 3.63) is 10.4 Å². The van der Waals surface area contributed by atoms with Gasteiger partial charge in [-0.15, -0.1) is 11.6 Å². The van der Waals surface area contributed by atoms with Crippen molar-refractivity contribution in [2.24, 2.45) is 5.11 Å². The number of alkyl halides is 1. The van der Waals surface area contributed by atoms with Gasteiger partial charge in [-0.1, -0.05) is 5.11 Å². The van der Waals surface area contributed by atoms with Crippen molar-refractivity contribution in [2.45, 2.75) is 12.2 Å². The molecule has 0 aromatic heterocycles. The van der Waals surface area contributed by atoms with E-state index in [0.717, 1.165) is 0 Å². The highest BCUT2D eigenvalue weighted by atomic mass is 35.5. The molecular formula is C8H12ClN5O4. The Morgan fingerprint density at radius 1 is 1.28 bits per heavy atom. The molecule has 18 heavy (non-hydrogen) atoms. The number of cyclic esters (lactones) is 2. The number of azide groups is 1. The molecule has 2 rings (SSSR count). The first-order valence-electron chi connectivity index (χ1n) is 5.11. The molecule has 10 heteroatoms. The zero-order chi connectivity index (χ0) is 13.4. The molecule has 2 aliphatic heterocycles. The molecule has 2 N–H and O–H groups in total. The quantitative estimate of drug-likeness (QED) is 0.341. The molecule has 2 atom stereocenters.